The number of hydrogen-bond donors (Lipinski definition) is 0. The summed E-state index contributed by atoms with van der Waals surface area (Å²) in [6.45, 7) is 5.75. The van der Waals surface area contributed by atoms with E-state index in [2.05, 4.69) is 4.74 Å². The van der Waals surface area contributed by atoms with E-state index in [1.54, 1.807) is 0 Å². The Morgan fingerprint density at radius 3 is 1.39 bits per heavy atom. The lowest BCUT2D eigenvalue weighted by atomic mass is 10.2. The highest BCUT2D eigenvalue weighted by atomic mass is 35.5. The van der Waals surface area contributed by atoms with Crippen LogP contribution in [0.4, 0.5) is 0 Å². The molecule has 0 saturated heterocycles. The van der Waals surface area contributed by atoms with Gasteiger partial charge in [0.2, 0.25) is 0 Å². The summed E-state index contributed by atoms with van der Waals surface area (Å²) >= 11 is 5.62. The summed E-state index contributed by atoms with van der Waals surface area (Å²) in [5.41, 5.74) is 0. The first-order chi connectivity index (χ1) is 13.8. The molecule has 0 fully saturated rings. The van der Waals surface area contributed by atoms with Crippen LogP contribution in [0, 0.1) is 0 Å². The Hall–Kier alpha value is -0.480. The highest BCUT2D eigenvalue weighted by Gasteiger charge is 1.99. The van der Waals surface area contributed by atoms with Crippen molar-refractivity contribution in [1.82, 2.24) is 0 Å². The molecule has 0 N–H and O–H groups in total. The maximum atomic E-state index is 10.8. The van der Waals surface area contributed by atoms with E-state index in [9.17, 15) is 4.79 Å². The first-order valence-corrected chi connectivity index (χ1v) is 10.4. The Labute approximate surface area is 174 Å². The second-order valence-electron chi connectivity index (χ2n) is 5.79. The molecule has 0 spiro atoms. The summed E-state index contributed by atoms with van der Waals surface area (Å²) in [6, 6.07) is 0. The van der Waals surface area contributed by atoms with Crippen LogP contribution in [0.15, 0.2) is 0 Å². The average molecular weight is 429 g/mol. The number of methoxy groups -OCH3 is 1. The average Bonchev–Trinajstić information content (AvgIpc) is 2.71. The van der Waals surface area contributed by atoms with Gasteiger partial charge in [0.05, 0.1) is 73.2 Å². The summed E-state index contributed by atoms with van der Waals surface area (Å²) < 4.78 is 36.5. The molecule has 0 aromatic rings. The molecule has 0 aliphatic rings. The van der Waals surface area contributed by atoms with E-state index >= 15 is 0 Å². The van der Waals surface area contributed by atoms with Gasteiger partial charge in [-0.3, -0.25) is 0 Å². The molecule has 0 amide bonds. The van der Waals surface area contributed by atoms with Crippen LogP contribution in [0.2, 0.25) is 0 Å². The van der Waals surface area contributed by atoms with Crippen LogP contribution in [-0.4, -0.2) is 98.2 Å². The minimum atomic E-state index is -0.397. The maximum Gasteiger partial charge on any atom is 0.331 e. The van der Waals surface area contributed by atoms with E-state index in [-0.39, 0.29) is 6.61 Å². The molecule has 0 aliphatic heterocycles. The highest BCUT2D eigenvalue weighted by molar-refractivity contribution is 6.17. The van der Waals surface area contributed by atoms with E-state index in [0.717, 1.165) is 25.3 Å². The van der Waals surface area contributed by atoms with E-state index in [1.165, 1.54) is 20.0 Å². The fourth-order valence-electron chi connectivity index (χ4n) is 1.97. The van der Waals surface area contributed by atoms with Crippen LogP contribution >= 0.6 is 11.6 Å². The Balaban J connectivity index is 3.00. The first-order valence-electron chi connectivity index (χ1n) is 9.90. The van der Waals surface area contributed by atoms with E-state index in [1.807, 2.05) is 0 Å². The molecule has 0 heterocycles. The summed E-state index contributed by atoms with van der Waals surface area (Å²) in [5, 5.41) is 0. The molecule has 8 nitrogen and oxygen atoms in total. The van der Waals surface area contributed by atoms with Gasteiger partial charge in [0.25, 0.3) is 0 Å². The largest absolute Gasteiger partial charge is 0.467 e. The molecule has 0 rings (SSSR count). The van der Waals surface area contributed by atoms with Gasteiger partial charge in [0, 0.05) is 12.5 Å². The van der Waals surface area contributed by atoms with Gasteiger partial charge in [-0.1, -0.05) is 12.8 Å². The zero-order valence-electron chi connectivity index (χ0n) is 17.2. The van der Waals surface area contributed by atoms with Crippen molar-refractivity contribution in [3.63, 3.8) is 0 Å². The number of rotatable bonds is 23. The molecule has 0 aromatic carbocycles. The van der Waals surface area contributed by atoms with Crippen molar-refractivity contribution < 1.29 is 38.0 Å². The molecule has 0 radical (unpaired) electrons. The van der Waals surface area contributed by atoms with Crippen molar-refractivity contribution in [3.8, 4) is 0 Å². The third-order valence-electron chi connectivity index (χ3n) is 3.48. The smallest absolute Gasteiger partial charge is 0.331 e. The number of alkyl halides is 1. The summed E-state index contributed by atoms with van der Waals surface area (Å²) in [4.78, 5) is 10.8. The summed E-state index contributed by atoms with van der Waals surface area (Å²) in [6.07, 6.45) is 4.50. The van der Waals surface area contributed by atoms with Crippen molar-refractivity contribution in [2.24, 2.45) is 0 Å². The number of halogens is 1. The van der Waals surface area contributed by atoms with Gasteiger partial charge in [0.15, 0.2) is 0 Å². The molecule has 9 heteroatoms. The minimum absolute atomic E-state index is 0.0557. The quantitative estimate of drug-likeness (QED) is 0.139. The fraction of sp³-hybridized carbons (Fsp3) is 0.947. The van der Waals surface area contributed by atoms with E-state index in [4.69, 9.17) is 40.0 Å². The molecular formula is C19H37ClO8. The predicted octanol–water partition coefficient (Wildman–Crippen LogP) is 2.06. The van der Waals surface area contributed by atoms with Crippen molar-refractivity contribution >= 4 is 17.6 Å². The van der Waals surface area contributed by atoms with E-state index in [0.29, 0.717) is 66.1 Å². The van der Waals surface area contributed by atoms with Crippen LogP contribution in [0.1, 0.15) is 25.7 Å². The topological polar surface area (TPSA) is 81.7 Å². The summed E-state index contributed by atoms with van der Waals surface area (Å²) in [7, 11) is 1.32. The molecule has 0 saturated carbocycles. The Kier molecular flexibility index (Phi) is 24.1. The van der Waals surface area contributed by atoms with Crippen LogP contribution in [0.5, 0.6) is 0 Å². The standard InChI is InChI=1S/C19H37ClO8/c1-22-19(21)18-28-17-16-27-15-14-26-13-12-25-11-10-24-9-8-23-7-5-3-2-4-6-20/h2-18H2,1H3. The zero-order chi connectivity index (χ0) is 20.5. The number of esters is 1. The van der Waals surface area contributed by atoms with Crippen LogP contribution in [0.3, 0.4) is 0 Å². The van der Waals surface area contributed by atoms with Crippen molar-refractivity contribution in [3.05, 3.63) is 0 Å². The first kappa shape index (κ1) is 27.5. The Morgan fingerprint density at radius 2 is 0.964 bits per heavy atom. The predicted molar refractivity (Wildman–Crippen MR) is 106 cm³/mol. The molecule has 0 aliphatic carbocycles. The Morgan fingerprint density at radius 1 is 0.571 bits per heavy atom. The number of ether oxygens (including phenoxy) is 7. The van der Waals surface area contributed by atoms with Crippen LogP contribution in [-0.2, 0) is 38.0 Å². The Bertz CT molecular complexity index is 320. The molecule has 0 bridgehead atoms. The van der Waals surface area contributed by atoms with E-state index < -0.39 is 5.97 Å². The van der Waals surface area contributed by atoms with Crippen molar-refractivity contribution in [2.45, 2.75) is 25.7 Å². The lowest BCUT2D eigenvalue weighted by molar-refractivity contribution is -0.146. The number of carbonyl (C=O) groups excluding carboxylic acids is 1. The van der Waals surface area contributed by atoms with Gasteiger partial charge in [0.1, 0.15) is 6.61 Å². The molecule has 168 valence electrons. The zero-order valence-corrected chi connectivity index (χ0v) is 17.9. The lowest BCUT2D eigenvalue weighted by Crippen LogP contribution is -2.15. The molecular weight excluding hydrogens is 392 g/mol. The number of carbonyl (C=O) groups is 1. The number of unbranched alkanes of at least 4 members (excludes halogenated alkanes) is 3. The van der Waals surface area contributed by atoms with Gasteiger partial charge in [-0.15, -0.1) is 11.6 Å². The van der Waals surface area contributed by atoms with Gasteiger partial charge >= 0.3 is 5.97 Å². The molecule has 0 atom stereocenters. The maximum absolute atomic E-state index is 10.8. The molecule has 0 aromatic heterocycles. The monoisotopic (exact) mass is 428 g/mol. The van der Waals surface area contributed by atoms with Gasteiger partial charge < -0.3 is 33.2 Å². The summed E-state index contributed by atoms with van der Waals surface area (Å²) in [5.74, 6) is 0.347. The van der Waals surface area contributed by atoms with Crippen molar-refractivity contribution in [2.75, 3.05) is 92.3 Å². The SMILES string of the molecule is COC(=O)COCCOCCOCCOCCOCCOCCCCCCCl. The van der Waals surface area contributed by atoms with Gasteiger partial charge in [-0.25, -0.2) is 4.79 Å². The third-order valence-corrected chi connectivity index (χ3v) is 3.75. The van der Waals surface area contributed by atoms with Crippen molar-refractivity contribution in [1.29, 1.82) is 0 Å². The molecule has 28 heavy (non-hydrogen) atoms. The number of hydrogen-bond acceptors (Lipinski definition) is 8. The van der Waals surface area contributed by atoms with Gasteiger partial charge in [-0.05, 0) is 12.8 Å². The lowest BCUT2D eigenvalue weighted by Gasteiger charge is -2.08. The van der Waals surface area contributed by atoms with Crippen LogP contribution in [0.25, 0.3) is 0 Å². The van der Waals surface area contributed by atoms with Gasteiger partial charge in [-0.2, -0.15) is 0 Å². The second-order valence-corrected chi connectivity index (χ2v) is 6.17. The normalized spacial score (nSPS) is 11.1. The molecule has 0 unspecified atom stereocenters. The fourth-order valence-corrected chi connectivity index (χ4v) is 2.16. The minimum Gasteiger partial charge on any atom is -0.467 e. The second kappa shape index (κ2) is 24.6. The van der Waals surface area contributed by atoms with Crippen LogP contribution < -0.4 is 0 Å². The highest BCUT2D eigenvalue weighted by Crippen LogP contribution is 2.01. The third kappa shape index (κ3) is 23.6.